The SMILES string of the molecule is CCOC1CC(N(C)C(=O)CC2COCCN2)C12CCCC2.Cl. The molecule has 134 valence electrons. The quantitative estimate of drug-likeness (QED) is 0.827. The van der Waals surface area contributed by atoms with Crippen molar-refractivity contribution in [3.8, 4) is 0 Å². The van der Waals surface area contributed by atoms with Crippen molar-refractivity contribution in [2.45, 2.75) is 63.6 Å². The number of morpholine rings is 1. The van der Waals surface area contributed by atoms with Crippen LogP contribution in [0.1, 0.15) is 45.4 Å². The molecule has 6 heteroatoms. The predicted octanol–water partition coefficient (Wildman–Crippen LogP) is 1.98. The first kappa shape index (κ1) is 19.0. The molecule has 1 aliphatic heterocycles. The number of rotatable bonds is 5. The van der Waals surface area contributed by atoms with Crippen LogP contribution in [-0.2, 0) is 14.3 Å². The minimum absolute atomic E-state index is 0. The number of halogens is 1. The molecule has 23 heavy (non-hydrogen) atoms. The van der Waals surface area contributed by atoms with Gasteiger partial charge in [0.1, 0.15) is 0 Å². The third-order valence-corrected chi connectivity index (χ3v) is 5.92. The fourth-order valence-corrected chi connectivity index (χ4v) is 4.67. The second-order valence-electron chi connectivity index (χ2n) is 7.07. The third kappa shape index (κ3) is 3.68. The van der Waals surface area contributed by atoms with E-state index in [1.807, 2.05) is 11.9 Å². The van der Waals surface area contributed by atoms with Crippen LogP contribution in [0.5, 0.6) is 0 Å². The summed E-state index contributed by atoms with van der Waals surface area (Å²) < 4.78 is 11.4. The lowest BCUT2D eigenvalue weighted by Crippen LogP contribution is -2.64. The van der Waals surface area contributed by atoms with Crippen LogP contribution in [0, 0.1) is 5.41 Å². The zero-order valence-corrected chi connectivity index (χ0v) is 15.2. The van der Waals surface area contributed by atoms with E-state index in [1.165, 1.54) is 25.7 Å². The van der Waals surface area contributed by atoms with Crippen molar-refractivity contribution in [3.63, 3.8) is 0 Å². The molecule has 1 heterocycles. The minimum atomic E-state index is 0. The molecule has 0 aromatic rings. The van der Waals surface area contributed by atoms with E-state index in [0.717, 1.165) is 26.2 Å². The molecule has 1 saturated heterocycles. The number of carbonyl (C=O) groups is 1. The average Bonchev–Trinajstić information content (AvgIpc) is 3.04. The molecule has 2 aliphatic carbocycles. The van der Waals surface area contributed by atoms with Crippen LogP contribution < -0.4 is 5.32 Å². The minimum Gasteiger partial charge on any atom is -0.378 e. The Bertz CT molecular complexity index is 395. The van der Waals surface area contributed by atoms with E-state index in [0.29, 0.717) is 25.2 Å². The Morgan fingerprint density at radius 2 is 2.13 bits per heavy atom. The van der Waals surface area contributed by atoms with Crippen molar-refractivity contribution in [1.29, 1.82) is 0 Å². The summed E-state index contributed by atoms with van der Waals surface area (Å²) in [5.41, 5.74) is 0.233. The summed E-state index contributed by atoms with van der Waals surface area (Å²) in [6, 6.07) is 0.537. The highest BCUT2D eigenvalue weighted by atomic mass is 35.5. The molecule has 5 nitrogen and oxygen atoms in total. The molecule has 0 radical (unpaired) electrons. The van der Waals surface area contributed by atoms with E-state index >= 15 is 0 Å². The number of nitrogens with one attached hydrogen (secondary N) is 1. The van der Waals surface area contributed by atoms with Gasteiger partial charge in [0, 0.05) is 44.1 Å². The molecule has 2 saturated carbocycles. The van der Waals surface area contributed by atoms with Gasteiger partial charge in [0.2, 0.25) is 5.91 Å². The average molecular weight is 347 g/mol. The van der Waals surface area contributed by atoms with Gasteiger partial charge in [-0.25, -0.2) is 0 Å². The van der Waals surface area contributed by atoms with Crippen molar-refractivity contribution in [1.82, 2.24) is 10.2 Å². The van der Waals surface area contributed by atoms with Crippen molar-refractivity contribution in [2.75, 3.05) is 33.4 Å². The Kier molecular flexibility index (Phi) is 6.72. The first-order valence-corrected chi connectivity index (χ1v) is 8.86. The van der Waals surface area contributed by atoms with Crippen LogP contribution in [-0.4, -0.2) is 62.4 Å². The Morgan fingerprint density at radius 3 is 2.74 bits per heavy atom. The van der Waals surface area contributed by atoms with E-state index in [1.54, 1.807) is 0 Å². The van der Waals surface area contributed by atoms with Crippen LogP contribution in [0.4, 0.5) is 0 Å². The molecule has 3 aliphatic rings. The molecule has 3 atom stereocenters. The molecule has 3 rings (SSSR count). The lowest BCUT2D eigenvalue weighted by Gasteiger charge is -2.57. The molecule has 0 aromatic heterocycles. The third-order valence-electron chi connectivity index (χ3n) is 5.92. The van der Waals surface area contributed by atoms with Gasteiger partial charge in [-0.1, -0.05) is 12.8 Å². The predicted molar refractivity (Wildman–Crippen MR) is 92.0 cm³/mol. The van der Waals surface area contributed by atoms with Gasteiger partial charge in [0.15, 0.2) is 0 Å². The van der Waals surface area contributed by atoms with Gasteiger partial charge in [-0.3, -0.25) is 4.79 Å². The Balaban J connectivity index is 0.00000192. The monoisotopic (exact) mass is 346 g/mol. The number of carbonyl (C=O) groups excluding carboxylic acids is 1. The van der Waals surface area contributed by atoms with Gasteiger partial charge in [-0.2, -0.15) is 0 Å². The highest BCUT2D eigenvalue weighted by Gasteiger charge is 2.58. The summed E-state index contributed by atoms with van der Waals surface area (Å²) in [4.78, 5) is 14.7. The van der Waals surface area contributed by atoms with Gasteiger partial charge in [0.05, 0.1) is 19.3 Å². The maximum atomic E-state index is 12.6. The summed E-state index contributed by atoms with van der Waals surface area (Å²) in [5.74, 6) is 0.245. The Morgan fingerprint density at radius 1 is 1.39 bits per heavy atom. The topological polar surface area (TPSA) is 50.8 Å². The summed E-state index contributed by atoms with van der Waals surface area (Å²) >= 11 is 0. The fraction of sp³-hybridized carbons (Fsp3) is 0.941. The molecular weight excluding hydrogens is 316 g/mol. The summed E-state index contributed by atoms with van der Waals surface area (Å²) in [6.07, 6.45) is 6.89. The van der Waals surface area contributed by atoms with Gasteiger partial charge < -0.3 is 19.7 Å². The van der Waals surface area contributed by atoms with E-state index in [2.05, 4.69) is 12.2 Å². The number of hydrogen-bond donors (Lipinski definition) is 1. The zero-order chi connectivity index (χ0) is 15.6. The van der Waals surface area contributed by atoms with Gasteiger partial charge >= 0.3 is 0 Å². The Hall–Kier alpha value is -0.360. The zero-order valence-electron chi connectivity index (χ0n) is 14.4. The fourth-order valence-electron chi connectivity index (χ4n) is 4.67. The molecular formula is C17H31ClN2O3. The molecule has 0 aromatic carbocycles. The maximum absolute atomic E-state index is 12.6. The molecule has 1 N–H and O–H groups in total. The number of hydrogen-bond acceptors (Lipinski definition) is 4. The molecule has 1 amide bonds. The maximum Gasteiger partial charge on any atom is 0.224 e. The van der Waals surface area contributed by atoms with Crippen LogP contribution in [0.15, 0.2) is 0 Å². The normalized spacial score (nSPS) is 32.2. The van der Waals surface area contributed by atoms with E-state index in [-0.39, 0.29) is 29.8 Å². The lowest BCUT2D eigenvalue weighted by molar-refractivity contribution is -0.173. The second-order valence-corrected chi connectivity index (χ2v) is 7.07. The van der Waals surface area contributed by atoms with Gasteiger partial charge in [-0.05, 0) is 26.2 Å². The van der Waals surface area contributed by atoms with Crippen LogP contribution in [0.25, 0.3) is 0 Å². The molecule has 3 unspecified atom stereocenters. The smallest absolute Gasteiger partial charge is 0.224 e. The lowest BCUT2D eigenvalue weighted by atomic mass is 9.60. The summed E-state index contributed by atoms with van der Waals surface area (Å²) in [5, 5.41) is 3.37. The highest BCUT2D eigenvalue weighted by molar-refractivity contribution is 5.85. The van der Waals surface area contributed by atoms with E-state index in [4.69, 9.17) is 9.47 Å². The second kappa shape index (κ2) is 8.15. The number of ether oxygens (including phenoxy) is 2. The van der Waals surface area contributed by atoms with Crippen molar-refractivity contribution >= 4 is 18.3 Å². The van der Waals surface area contributed by atoms with Crippen molar-refractivity contribution < 1.29 is 14.3 Å². The van der Waals surface area contributed by atoms with Gasteiger partial charge in [0.25, 0.3) is 0 Å². The van der Waals surface area contributed by atoms with Crippen LogP contribution in [0.2, 0.25) is 0 Å². The molecule has 0 bridgehead atoms. The number of nitrogens with zero attached hydrogens (tertiary/aromatic N) is 1. The van der Waals surface area contributed by atoms with Crippen molar-refractivity contribution in [3.05, 3.63) is 0 Å². The molecule has 3 fully saturated rings. The van der Waals surface area contributed by atoms with E-state index in [9.17, 15) is 4.79 Å². The van der Waals surface area contributed by atoms with Crippen molar-refractivity contribution in [2.24, 2.45) is 5.41 Å². The number of amides is 1. The van der Waals surface area contributed by atoms with Crippen LogP contribution >= 0.6 is 12.4 Å². The van der Waals surface area contributed by atoms with Gasteiger partial charge in [-0.15, -0.1) is 12.4 Å². The first-order valence-electron chi connectivity index (χ1n) is 8.86. The van der Waals surface area contributed by atoms with E-state index < -0.39 is 0 Å². The Labute approximate surface area is 145 Å². The standard InChI is InChI=1S/C17H30N2O3.ClH/c1-3-22-15-11-14(17(15)6-4-5-7-17)19(2)16(20)10-13-12-21-9-8-18-13;/h13-15,18H,3-12H2,1-2H3;1H. The summed E-state index contributed by atoms with van der Waals surface area (Å²) in [6.45, 7) is 5.10. The largest absolute Gasteiger partial charge is 0.378 e. The molecule has 1 spiro atoms. The first-order chi connectivity index (χ1) is 10.7. The van der Waals surface area contributed by atoms with Crippen LogP contribution in [0.3, 0.4) is 0 Å². The highest BCUT2D eigenvalue weighted by Crippen LogP contribution is 2.56. The summed E-state index contributed by atoms with van der Waals surface area (Å²) in [7, 11) is 1.99.